The molecule has 2 aromatic carbocycles. The van der Waals surface area contributed by atoms with E-state index < -0.39 is 12.1 Å². The van der Waals surface area contributed by atoms with Crippen LogP contribution in [0.25, 0.3) is 10.8 Å². The van der Waals surface area contributed by atoms with Crippen LogP contribution in [0.5, 0.6) is 6.01 Å². The number of likely N-dealkylation sites (N-methyl/N-ethyl adjacent to an activating group) is 1. The average molecular weight is 542 g/mol. The van der Waals surface area contributed by atoms with Crippen molar-refractivity contribution in [2.24, 2.45) is 0 Å². The third-order valence-electron chi connectivity index (χ3n) is 8.56. The van der Waals surface area contributed by atoms with Crippen molar-refractivity contribution in [3.8, 4) is 12.1 Å². The molecule has 10 heteroatoms. The van der Waals surface area contributed by atoms with E-state index in [1.54, 1.807) is 0 Å². The highest BCUT2D eigenvalue weighted by molar-refractivity contribution is 5.94. The van der Waals surface area contributed by atoms with Gasteiger partial charge in [-0.25, -0.2) is 4.79 Å². The highest BCUT2D eigenvalue weighted by Crippen LogP contribution is 2.35. The van der Waals surface area contributed by atoms with Gasteiger partial charge >= 0.3 is 12.1 Å². The van der Waals surface area contributed by atoms with E-state index in [2.05, 4.69) is 70.3 Å². The molecule has 0 saturated carbocycles. The number of carbonyl (C=O) groups is 1. The van der Waals surface area contributed by atoms with E-state index in [4.69, 9.17) is 14.7 Å². The first-order valence-electron chi connectivity index (χ1n) is 14.1. The normalized spacial score (nSPS) is 21.4. The summed E-state index contributed by atoms with van der Waals surface area (Å²) in [4.78, 5) is 29.9. The summed E-state index contributed by atoms with van der Waals surface area (Å²) < 4.78 is 6.24. The molecule has 0 aliphatic carbocycles. The Balaban J connectivity index is 1.33. The number of likely N-dealkylation sites (tertiary alicyclic amines) is 1. The summed E-state index contributed by atoms with van der Waals surface area (Å²) in [6, 6.07) is 17.3. The van der Waals surface area contributed by atoms with Crippen LogP contribution in [0.1, 0.15) is 30.5 Å². The van der Waals surface area contributed by atoms with Crippen LogP contribution in [-0.4, -0.2) is 89.4 Å². The molecule has 1 aromatic heterocycles. The number of rotatable bonds is 6. The first kappa shape index (κ1) is 26.1. The molecule has 3 aliphatic rings. The Kier molecular flexibility index (Phi) is 7.30. The zero-order valence-corrected chi connectivity index (χ0v) is 22.9. The third-order valence-corrected chi connectivity index (χ3v) is 8.56. The number of hydrogen-bond donors (Lipinski definition) is 1. The number of anilines is 2. The number of ether oxygens (including phenoxy) is 1. The van der Waals surface area contributed by atoms with E-state index >= 15 is 0 Å². The lowest BCUT2D eigenvalue weighted by molar-refractivity contribution is 0.119. The van der Waals surface area contributed by atoms with Gasteiger partial charge in [0.05, 0.1) is 30.8 Å². The molecule has 0 radical (unpaired) electrons. The monoisotopic (exact) mass is 541 g/mol. The molecule has 3 aliphatic heterocycles. The Morgan fingerprint density at radius 2 is 1.93 bits per heavy atom. The first-order valence-corrected chi connectivity index (χ1v) is 14.1. The number of amides is 1. The van der Waals surface area contributed by atoms with E-state index in [1.165, 1.54) is 21.4 Å². The summed E-state index contributed by atoms with van der Waals surface area (Å²) in [6.45, 7) is 4.31. The van der Waals surface area contributed by atoms with Crippen molar-refractivity contribution in [2.75, 3.05) is 56.2 Å². The van der Waals surface area contributed by atoms with Gasteiger partial charge in [-0.3, -0.25) is 0 Å². The van der Waals surface area contributed by atoms with Crippen molar-refractivity contribution in [2.45, 2.75) is 44.3 Å². The quantitative estimate of drug-likeness (QED) is 0.499. The molecule has 1 amide bonds. The maximum Gasteiger partial charge on any atom is 0.407 e. The third kappa shape index (κ3) is 5.09. The topological polar surface area (TPSA) is 109 Å². The van der Waals surface area contributed by atoms with E-state index in [9.17, 15) is 15.2 Å². The predicted molar refractivity (Wildman–Crippen MR) is 153 cm³/mol. The van der Waals surface area contributed by atoms with Crippen molar-refractivity contribution < 1.29 is 14.6 Å². The van der Waals surface area contributed by atoms with Crippen molar-refractivity contribution in [1.82, 2.24) is 19.8 Å². The second-order valence-corrected chi connectivity index (χ2v) is 11.0. The van der Waals surface area contributed by atoms with Crippen LogP contribution < -0.4 is 14.5 Å². The van der Waals surface area contributed by atoms with Crippen LogP contribution >= 0.6 is 0 Å². The van der Waals surface area contributed by atoms with Crippen LogP contribution in [0.15, 0.2) is 42.5 Å². The fourth-order valence-electron chi connectivity index (χ4n) is 6.34. The summed E-state index contributed by atoms with van der Waals surface area (Å²) in [5, 5.41) is 21.5. The summed E-state index contributed by atoms with van der Waals surface area (Å²) in [5.74, 6) is 0.810. The van der Waals surface area contributed by atoms with Gasteiger partial charge in [0.2, 0.25) is 0 Å². The molecule has 2 atom stereocenters. The van der Waals surface area contributed by atoms with Gasteiger partial charge in [-0.15, -0.1) is 0 Å². The number of nitrogens with zero attached hydrogens (tertiary/aromatic N) is 7. The number of hydrogen-bond acceptors (Lipinski definition) is 8. The predicted octanol–water partition coefficient (Wildman–Crippen LogP) is 3.75. The van der Waals surface area contributed by atoms with Gasteiger partial charge in [0.15, 0.2) is 0 Å². The molecule has 40 heavy (non-hydrogen) atoms. The van der Waals surface area contributed by atoms with Crippen molar-refractivity contribution in [1.29, 1.82) is 5.26 Å². The second-order valence-electron chi connectivity index (χ2n) is 11.0. The fraction of sp³-hybridized carbons (Fsp3) is 0.467. The highest BCUT2D eigenvalue weighted by atomic mass is 16.5. The molecular weight excluding hydrogens is 506 g/mol. The smallest absolute Gasteiger partial charge is 0.407 e. The van der Waals surface area contributed by atoms with Gasteiger partial charge in [0, 0.05) is 48.9 Å². The molecule has 4 heterocycles. The number of piperazine rings is 1. The Labute approximate surface area is 234 Å². The zero-order chi connectivity index (χ0) is 27.6. The first-order chi connectivity index (χ1) is 19.5. The summed E-state index contributed by atoms with van der Waals surface area (Å²) in [6.07, 6.45) is 2.18. The lowest BCUT2D eigenvalue weighted by Gasteiger charge is -2.41. The number of carboxylic acid groups (broad SMARTS) is 1. The minimum Gasteiger partial charge on any atom is -0.465 e. The van der Waals surface area contributed by atoms with Gasteiger partial charge in [-0.1, -0.05) is 36.4 Å². The number of nitriles is 1. The van der Waals surface area contributed by atoms with Gasteiger partial charge < -0.3 is 29.4 Å². The Bertz CT molecular complexity index is 1440. The number of fused-ring (bicyclic) bond motifs is 2. The molecule has 1 N–H and O–H groups in total. The molecule has 3 aromatic rings. The van der Waals surface area contributed by atoms with Crippen LogP contribution in [0.4, 0.5) is 16.3 Å². The standard InChI is InChI=1S/C30H35N7O3/c1-34-14-5-8-23(34)20-40-29-32-26-19-35(27-10-4-7-21-6-2-3-9-24(21)27)15-12-25(26)28(33-29)36-16-17-37(30(38)39)22(18-36)11-13-31/h2-4,6-7,9-10,22-23H,5,8,11-12,14-20H2,1H3,(H,38,39)/t22-,23+/m0/s1. The van der Waals surface area contributed by atoms with E-state index in [-0.39, 0.29) is 6.42 Å². The number of benzene rings is 2. The Morgan fingerprint density at radius 3 is 2.73 bits per heavy atom. The second kappa shape index (κ2) is 11.2. The molecular formula is C30H35N7O3. The van der Waals surface area contributed by atoms with Gasteiger partial charge in [0.25, 0.3) is 0 Å². The van der Waals surface area contributed by atoms with Gasteiger partial charge in [-0.05, 0) is 44.3 Å². The van der Waals surface area contributed by atoms with Crippen LogP contribution in [0.2, 0.25) is 0 Å². The zero-order valence-electron chi connectivity index (χ0n) is 22.9. The minimum atomic E-state index is -0.986. The van der Waals surface area contributed by atoms with E-state index in [1.807, 2.05) is 0 Å². The molecule has 2 fully saturated rings. The molecule has 10 nitrogen and oxygen atoms in total. The molecule has 2 saturated heterocycles. The van der Waals surface area contributed by atoms with Crippen LogP contribution in [0, 0.1) is 11.3 Å². The van der Waals surface area contributed by atoms with Crippen LogP contribution in [0.3, 0.4) is 0 Å². The van der Waals surface area contributed by atoms with Gasteiger partial charge in [0.1, 0.15) is 12.4 Å². The Morgan fingerprint density at radius 1 is 1.07 bits per heavy atom. The van der Waals surface area contributed by atoms with Crippen LogP contribution in [-0.2, 0) is 13.0 Å². The molecule has 0 unspecified atom stereocenters. The maximum atomic E-state index is 11.8. The maximum absolute atomic E-state index is 11.8. The SMILES string of the molecule is CN1CCC[C@@H]1COc1nc2c(c(N3CCN(C(=O)O)[C@@H](CC#N)C3)n1)CCN(c1cccc3ccccc13)C2. The lowest BCUT2D eigenvalue weighted by atomic mass is 10.0. The Hall–Kier alpha value is -4.10. The molecule has 6 rings (SSSR count). The summed E-state index contributed by atoms with van der Waals surface area (Å²) in [7, 11) is 2.12. The average Bonchev–Trinajstić information content (AvgIpc) is 3.39. The number of aromatic nitrogens is 2. The van der Waals surface area contributed by atoms with Crippen molar-refractivity contribution in [3.63, 3.8) is 0 Å². The molecule has 0 spiro atoms. The fourth-order valence-corrected chi connectivity index (χ4v) is 6.34. The van der Waals surface area contributed by atoms with E-state index in [0.29, 0.717) is 44.8 Å². The lowest BCUT2D eigenvalue weighted by Crippen LogP contribution is -2.55. The largest absolute Gasteiger partial charge is 0.465 e. The van der Waals surface area contributed by atoms with Crippen molar-refractivity contribution >= 4 is 28.4 Å². The van der Waals surface area contributed by atoms with Crippen molar-refractivity contribution in [3.05, 3.63) is 53.7 Å². The summed E-state index contributed by atoms with van der Waals surface area (Å²) in [5.41, 5.74) is 3.21. The van der Waals surface area contributed by atoms with E-state index in [0.717, 1.165) is 49.4 Å². The molecule has 208 valence electrons. The summed E-state index contributed by atoms with van der Waals surface area (Å²) >= 11 is 0. The minimum absolute atomic E-state index is 0.141. The highest BCUT2D eigenvalue weighted by Gasteiger charge is 2.34. The van der Waals surface area contributed by atoms with Gasteiger partial charge in [-0.2, -0.15) is 15.2 Å². The molecule has 0 bridgehead atoms.